The second kappa shape index (κ2) is 8.20. The third-order valence-corrected chi connectivity index (χ3v) is 4.87. The van der Waals surface area contributed by atoms with Crippen LogP contribution in [-0.2, 0) is 11.3 Å². The lowest BCUT2D eigenvalue weighted by molar-refractivity contribution is -0.132. The second-order valence-electron chi connectivity index (χ2n) is 6.67. The number of aryl methyl sites for hydroxylation is 2. The predicted octanol–water partition coefficient (Wildman–Crippen LogP) is 0.969. The zero-order valence-corrected chi connectivity index (χ0v) is 15.8. The van der Waals surface area contributed by atoms with Crippen LogP contribution in [0.5, 0.6) is 0 Å². The van der Waals surface area contributed by atoms with Gasteiger partial charge in [-0.3, -0.25) is 14.2 Å². The van der Waals surface area contributed by atoms with Crippen LogP contribution in [0.2, 0.25) is 0 Å². The molecule has 1 fully saturated rings. The number of carbonyl (C=O) groups excluding carboxylic acids is 2. The Kier molecular flexibility index (Phi) is 5.73. The Labute approximate surface area is 157 Å². The minimum absolute atomic E-state index is 0.0122. The van der Waals surface area contributed by atoms with Gasteiger partial charge in [-0.2, -0.15) is 0 Å². The van der Waals surface area contributed by atoms with Gasteiger partial charge in [-0.25, -0.2) is 9.78 Å². The molecule has 1 aliphatic heterocycles. The van der Waals surface area contributed by atoms with Gasteiger partial charge in [0.2, 0.25) is 5.91 Å². The molecule has 1 N–H and O–H groups in total. The van der Waals surface area contributed by atoms with Crippen LogP contribution in [0.15, 0.2) is 29.3 Å². The lowest BCUT2D eigenvalue weighted by atomic mass is 10.1. The molecular weight excluding hydrogens is 346 g/mol. The van der Waals surface area contributed by atoms with Crippen LogP contribution in [0.25, 0.3) is 10.9 Å². The second-order valence-corrected chi connectivity index (χ2v) is 6.67. The van der Waals surface area contributed by atoms with Crippen LogP contribution < -0.4 is 10.9 Å². The first-order chi connectivity index (χ1) is 13.0. The van der Waals surface area contributed by atoms with Gasteiger partial charge in [-0.1, -0.05) is 12.1 Å². The van der Waals surface area contributed by atoms with Crippen molar-refractivity contribution in [2.45, 2.75) is 26.8 Å². The molecule has 0 radical (unpaired) electrons. The average molecular weight is 371 g/mol. The highest BCUT2D eigenvalue weighted by Crippen LogP contribution is 2.11. The summed E-state index contributed by atoms with van der Waals surface area (Å²) >= 11 is 0. The van der Waals surface area contributed by atoms with Crippen LogP contribution in [0.4, 0.5) is 4.79 Å². The molecule has 1 aromatic carbocycles. The van der Waals surface area contributed by atoms with Gasteiger partial charge in [0.05, 0.1) is 17.2 Å². The van der Waals surface area contributed by atoms with Crippen LogP contribution in [0, 0.1) is 6.92 Å². The minimum Gasteiger partial charge on any atom is -0.339 e. The lowest BCUT2D eigenvalue weighted by Crippen LogP contribution is -2.53. The van der Waals surface area contributed by atoms with E-state index < -0.39 is 0 Å². The number of fused-ring (bicyclic) bond motifs is 1. The van der Waals surface area contributed by atoms with Gasteiger partial charge in [0, 0.05) is 45.7 Å². The highest BCUT2D eigenvalue weighted by Gasteiger charge is 2.23. The van der Waals surface area contributed by atoms with E-state index in [9.17, 15) is 14.4 Å². The van der Waals surface area contributed by atoms with E-state index in [2.05, 4.69) is 10.3 Å². The molecule has 0 atom stereocenters. The van der Waals surface area contributed by atoms with E-state index in [0.29, 0.717) is 50.2 Å². The number of hydrogen-bond acceptors (Lipinski definition) is 4. The third-order valence-electron chi connectivity index (χ3n) is 4.87. The Morgan fingerprint density at radius 1 is 1.15 bits per heavy atom. The zero-order valence-electron chi connectivity index (χ0n) is 15.8. The topological polar surface area (TPSA) is 87.5 Å². The molecule has 3 rings (SSSR count). The Bertz CT molecular complexity index is 900. The van der Waals surface area contributed by atoms with E-state index in [-0.39, 0.29) is 23.9 Å². The molecule has 1 aliphatic rings. The van der Waals surface area contributed by atoms with Crippen LogP contribution >= 0.6 is 0 Å². The number of carbonyl (C=O) groups is 2. The summed E-state index contributed by atoms with van der Waals surface area (Å²) in [5.74, 6) is -0.0122. The van der Waals surface area contributed by atoms with Crippen molar-refractivity contribution in [1.82, 2.24) is 24.7 Å². The number of rotatable bonds is 4. The Morgan fingerprint density at radius 3 is 2.56 bits per heavy atom. The van der Waals surface area contributed by atoms with Crippen molar-refractivity contribution in [1.29, 1.82) is 0 Å². The molecule has 3 amide bonds. The predicted molar refractivity (Wildman–Crippen MR) is 103 cm³/mol. The van der Waals surface area contributed by atoms with Gasteiger partial charge >= 0.3 is 6.03 Å². The van der Waals surface area contributed by atoms with Crippen LogP contribution in [0.3, 0.4) is 0 Å². The summed E-state index contributed by atoms with van der Waals surface area (Å²) in [4.78, 5) is 44.7. The summed E-state index contributed by atoms with van der Waals surface area (Å²) < 4.78 is 1.49. The number of piperazine rings is 1. The van der Waals surface area contributed by atoms with E-state index in [4.69, 9.17) is 0 Å². The molecular formula is C19H25N5O3. The first kappa shape index (κ1) is 18.9. The average Bonchev–Trinajstić information content (AvgIpc) is 2.68. The Hall–Kier alpha value is -2.90. The number of urea groups is 1. The van der Waals surface area contributed by atoms with Crippen molar-refractivity contribution in [3.05, 3.63) is 40.4 Å². The maximum atomic E-state index is 12.6. The summed E-state index contributed by atoms with van der Waals surface area (Å²) in [6, 6.07) is 5.43. The molecule has 2 heterocycles. The molecule has 8 heteroatoms. The third kappa shape index (κ3) is 4.10. The van der Waals surface area contributed by atoms with Crippen molar-refractivity contribution in [3.63, 3.8) is 0 Å². The normalized spacial score (nSPS) is 14.4. The number of nitrogens with one attached hydrogen (secondary N) is 1. The fraction of sp³-hybridized carbons (Fsp3) is 0.474. The molecule has 0 unspecified atom stereocenters. The zero-order chi connectivity index (χ0) is 19.4. The van der Waals surface area contributed by atoms with Gasteiger partial charge in [-0.15, -0.1) is 0 Å². The quantitative estimate of drug-likeness (QED) is 0.867. The number of amides is 3. The van der Waals surface area contributed by atoms with E-state index in [1.54, 1.807) is 15.9 Å². The first-order valence-corrected chi connectivity index (χ1v) is 9.26. The Morgan fingerprint density at radius 2 is 1.85 bits per heavy atom. The fourth-order valence-corrected chi connectivity index (χ4v) is 3.29. The number of nitrogens with zero attached hydrogens (tertiary/aromatic N) is 4. The Balaban J connectivity index is 1.59. The van der Waals surface area contributed by atoms with Gasteiger partial charge in [0.1, 0.15) is 0 Å². The number of benzene rings is 1. The minimum atomic E-state index is -0.127. The lowest BCUT2D eigenvalue weighted by Gasteiger charge is -2.34. The fourth-order valence-electron chi connectivity index (χ4n) is 3.29. The smallest absolute Gasteiger partial charge is 0.317 e. The highest BCUT2D eigenvalue weighted by molar-refractivity contribution is 5.80. The van der Waals surface area contributed by atoms with Crippen molar-refractivity contribution >= 4 is 22.8 Å². The van der Waals surface area contributed by atoms with E-state index in [1.165, 1.54) is 10.9 Å². The summed E-state index contributed by atoms with van der Waals surface area (Å²) in [5, 5.41) is 3.34. The number of para-hydroxylation sites is 1. The molecule has 144 valence electrons. The maximum absolute atomic E-state index is 12.6. The molecule has 27 heavy (non-hydrogen) atoms. The summed E-state index contributed by atoms with van der Waals surface area (Å²) in [6.07, 6.45) is 1.75. The summed E-state index contributed by atoms with van der Waals surface area (Å²) in [7, 11) is 0. The van der Waals surface area contributed by atoms with Crippen molar-refractivity contribution < 1.29 is 9.59 Å². The number of hydrogen-bond donors (Lipinski definition) is 1. The summed E-state index contributed by atoms with van der Waals surface area (Å²) in [5.41, 5.74) is 1.53. The number of aromatic nitrogens is 2. The van der Waals surface area contributed by atoms with E-state index in [1.807, 2.05) is 26.0 Å². The van der Waals surface area contributed by atoms with Crippen molar-refractivity contribution in [2.24, 2.45) is 0 Å². The molecule has 0 saturated carbocycles. The molecule has 1 aromatic heterocycles. The van der Waals surface area contributed by atoms with Crippen LogP contribution in [0.1, 0.15) is 18.9 Å². The molecule has 0 spiro atoms. The molecule has 0 aliphatic carbocycles. The van der Waals surface area contributed by atoms with E-state index in [0.717, 1.165) is 5.56 Å². The molecule has 1 saturated heterocycles. The molecule has 2 aromatic rings. The maximum Gasteiger partial charge on any atom is 0.317 e. The first-order valence-electron chi connectivity index (χ1n) is 9.26. The monoisotopic (exact) mass is 371 g/mol. The largest absolute Gasteiger partial charge is 0.339 e. The highest BCUT2D eigenvalue weighted by atomic mass is 16.2. The van der Waals surface area contributed by atoms with Gasteiger partial charge in [0.25, 0.3) is 5.56 Å². The summed E-state index contributed by atoms with van der Waals surface area (Å²) in [6.45, 7) is 6.76. The van der Waals surface area contributed by atoms with Gasteiger partial charge in [0.15, 0.2) is 0 Å². The van der Waals surface area contributed by atoms with E-state index >= 15 is 0 Å². The van der Waals surface area contributed by atoms with Gasteiger partial charge in [-0.05, 0) is 25.5 Å². The standard InChI is InChI=1S/C19H25N5O3/c1-3-20-19(27)23-11-9-22(10-12-23)16(25)7-8-24-13-21-17-14(2)5-4-6-15(17)18(24)26/h4-6,13H,3,7-12H2,1-2H3,(H,20,27). The van der Waals surface area contributed by atoms with Crippen molar-refractivity contribution in [2.75, 3.05) is 32.7 Å². The van der Waals surface area contributed by atoms with Crippen LogP contribution in [-0.4, -0.2) is 64.0 Å². The molecule has 0 bridgehead atoms. The van der Waals surface area contributed by atoms with Gasteiger partial charge < -0.3 is 15.1 Å². The SMILES string of the molecule is CCNC(=O)N1CCN(C(=O)CCn2cnc3c(C)cccc3c2=O)CC1. The van der Waals surface area contributed by atoms with Crippen molar-refractivity contribution in [3.8, 4) is 0 Å². The molecule has 8 nitrogen and oxygen atoms in total.